The molecule has 0 rings (SSSR count). The summed E-state index contributed by atoms with van der Waals surface area (Å²) in [5, 5.41) is 0. The van der Waals surface area contributed by atoms with Gasteiger partial charge in [-0.1, -0.05) is 299 Å². The Morgan fingerprint density at radius 1 is 0.250 bits per heavy atom. The van der Waals surface area contributed by atoms with E-state index in [4.69, 9.17) is 14.2 Å². The number of rotatable bonds is 64. The molecular weight excluding hydrogens is 985 g/mol. The van der Waals surface area contributed by atoms with Crippen LogP contribution in [0.15, 0.2) is 72.9 Å². The maximum absolute atomic E-state index is 12.9. The Morgan fingerprint density at radius 3 is 0.738 bits per heavy atom. The fourth-order valence-electron chi connectivity index (χ4n) is 10.1. The molecule has 0 aromatic rings. The number of hydrogen-bond donors (Lipinski definition) is 0. The molecule has 0 saturated heterocycles. The number of allylic oxidation sites excluding steroid dienone is 12. The lowest BCUT2D eigenvalue weighted by molar-refractivity contribution is -0.167. The van der Waals surface area contributed by atoms with Gasteiger partial charge >= 0.3 is 17.9 Å². The number of carbonyl (C=O) groups is 3. The predicted octanol–water partition coefficient (Wildman–Crippen LogP) is 24.1. The average Bonchev–Trinajstić information content (AvgIpc) is 3.46. The largest absolute Gasteiger partial charge is 0.462 e. The van der Waals surface area contributed by atoms with Crippen molar-refractivity contribution in [2.75, 3.05) is 13.2 Å². The van der Waals surface area contributed by atoms with Crippen molar-refractivity contribution < 1.29 is 28.6 Å². The van der Waals surface area contributed by atoms with Crippen molar-refractivity contribution in [1.29, 1.82) is 0 Å². The molecule has 0 spiro atoms. The van der Waals surface area contributed by atoms with Crippen molar-refractivity contribution in [3.63, 3.8) is 0 Å². The van der Waals surface area contributed by atoms with Crippen LogP contribution in [0, 0.1) is 0 Å². The maximum Gasteiger partial charge on any atom is 0.306 e. The van der Waals surface area contributed by atoms with E-state index in [1.807, 2.05) is 0 Å². The van der Waals surface area contributed by atoms with Crippen molar-refractivity contribution in [1.82, 2.24) is 0 Å². The molecule has 80 heavy (non-hydrogen) atoms. The number of unbranched alkanes of at least 4 members (excludes halogenated alkanes) is 41. The summed E-state index contributed by atoms with van der Waals surface area (Å²) in [6.45, 7) is 6.63. The number of carbonyl (C=O) groups excluding carboxylic acids is 3. The highest BCUT2D eigenvalue weighted by Crippen LogP contribution is 2.17. The van der Waals surface area contributed by atoms with E-state index < -0.39 is 6.10 Å². The third-order valence-corrected chi connectivity index (χ3v) is 15.4. The summed E-state index contributed by atoms with van der Waals surface area (Å²) in [6.07, 6.45) is 89.3. The first kappa shape index (κ1) is 76.9. The molecule has 0 aliphatic carbocycles. The summed E-state index contributed by atoms with van der Waals surface area (Å²) in [6, 6.07) is 0. The molecule has 1 unspecified atom stereocenters. The van der Waals surface area contributed by atoms with Crippen LogP contribution in [0.5, 0.6) is 0 Å². The van der Waals surface area contributed by atoms with Gasteiger partial charge in [0.25, 0.3) is 0 Å². The molecule has 0 aliphatic rings. The minimum atomic E-state index is -0.782. The van der Waals surface area contributed by atoms with E-state index in [9.17, 15) is 14.4 Å². The molecule has 0 radical (unpaired) electrons. The maximum atomic E-state index is 12.9. The van der Waals surface area contributed by atoms with Crippen LogP contribution in [-0.2, 0) is 28.6 Å². The molecule has 0 aliphatic heterocycles. The molecule has 6 nitrogen and oxygen atoms in total. The second kappa shape index (κ2) is 68.3. The summed E-state index contributed by atoms with van der Waals surface area (Å²) in [7, 11) is 0. The molecule has 0 aromatic heterocycles. The average molecular weight is 1120 g/mol. The summed E-state index contributed by atoms with van der Waals surface area (Å²) < 4.78 is 17.0. The van der Waals surface area contributed by atoms with Crippen molar-refractivity contribution in [2.24, 2.45) is 0 Å². The predicted molar refractivity (Wildman–Crippen MR) is 348 cm³/mol. The molecule has 0 saturated carbocycles. The number of hydrogen-bond acceptors (Lipinski definition) is 6. The van der Waals surface area contributed by atoms with E-state index in [2.05, 4.69) is 93.7 Å². The van der Waals surface area contributed by atoms with Gasteiger partial charge in [-0.3, -0.25) is 14.4 Å². The summed E-state index contributed by atoms with van der Waals surface area (Å²) >= 11 is 0. The fourth-order valence-corrected chi connectivity index (χ4v) is 10.1. The van der Waals surface area contributed by atoms with Crippen LogP contribution in [0.1, 0.15) is 361 Å². The van der Waals surface area contributed by atoms with Gasteiger partial charge in [0, 0.05) is 19.3 Å². The van der Waals surface area contributed by atoms with Gasteiger partial charge in [-0.05, 0) is 116 Å². The van der Waals surface area contributed by atoms with E-state index in [0.717, 1.165) is 83.5 Å². The minimum absolute atomic E-state index is 0.0776. The van der Waals surface area contributed by atoms with Gasteiger partial charge < -0.3 is 14.2 Å². The number of ether oxygens (including phenoxy) is 3. The molecule has 464 valence electrons. The Hall–Kier alpha value is -3.15. The van der Waals surface area contributed by atoms with Gasteiger partial charge in [-0.15, -0.1) is 0 Å². The summed E-state index contributed by atoms with van der Waals surface area (Å²) in [4.78, 5) is 38.4. The van der Waals surface area contributed by atoms with Gasteiger partial charge in [-0.2, -0.15) is 0 Å². The van der Waals surface area contributed by atoms with E-state index in [-0.39, 0.29) is 31.1 Å². The van der Waals surface area contributed by atoms with Crippen molar-refractivity contribution in [2.45, 2.75) is 367 Å². The van der Waals surface area contributed by atoms with Gasteiger partial charge in [0.2, 0.25) is 0 Å². The first-order valence-corrected chi connectivity index (χ1v) is 34.9. The Bertz CT molecular complexity index is 1470. The van der Waals surface area contributed by atoms with Crippen LogP contribution in [0.3, 0.4) is 0 Å². The fraction of sp³-hybridized carbons (Fsp3) is 0.797. The molecule has 6 heteroatoms. The van der Waals surface area contributed by atoms with E-state index in [1.54, 1.807) is 0 Å². The molecule has 0 amide bonds. The van der Waals surface area contributed by atoms with Gasteiger partial charge in [0.05, 0.1) is 0 Å². The summed E-state index contributed by atoms with van der Waals surface area (Å²) in [5.41, 5.74) is 0. The Labute approximate surface area is 497 Å². The zero-order valence-corrected chi connectivity index (χ0v) is 53.3. The molecule has 0 fully saturated rings. The van der Waals surface area contributed by atoms with E-state index in [1.165, 1.54) is 238 Å². The third-order valence-electron chi connectivity index (χ3n) is 15.4. The SMILES string of the molecule is CCCCC/C=C\CCCCCCCC(=O)OCC(COC(=O)CCCCCCCCCCCCCCCC/C=C\C/C=C\C/C=C\CCCCCCC)OC(=O)CCCCCCCCCCC/C=C\C/C=C\CCCCCCC. The Balaban J connectivity index is 4.23. The van der Waals surface area contributed by atoms with Crippen LogP contribution >= 0.6 is 0 Å². The first-order chi connectivity index (χ1) is 39.5. The second-order valence-electron chi connectivity index (χ2n) is 23.4. The van der Waals surface area contributed by atoms with Crippen LogP contribution < -0.4 is 0 Å². The zero-order chi connectivity index (χ0) is 57.8. The van der Waals surface area contributed by atoms with Crippen molar-refractivity contribution in [3.8, 4) is 0 Å². The van der Waals surface area contributed by atoms with Crippen LogP contribution in [0.2, 0.25) is 0 Å². The molecule has 0 heterocycles. The van der Waals surface area contributed by atoms with Crippen molar-refractivity contribution >= 4 is 17.9 Å². The first-order valence-electron chi connectivity index (χ1n) is 34.9. The second-order valence-corrected chi connectivity index (χ2v) is 23.4. The Kier molecular flexibility index (Phi) is 65.7. The van der Waals surface area contributed by atoms with Crippen LogP contribution in [0.4, 0.5) is 0 Å². The molecule has 0 aromatic carbocycles. The van der Waals surface area contributed by atoms with Gasteiger partial charge in [0.1, 0.15) is 13.2 Å². The molecule has 1 atom stereocenters. The minimum Gasteiger partial charge on any atom is -0.462 e. The lowest BCUT2D eigenvalue weighted by Crippen LogP contribution is -2.30. The lowest BCUT2D eigenvalue weighted by Gasteiger charge is -2.18. The zero-order valence-electron chi connectivity index (χ0n) is 53.3. The monoisotopic (exact) mass is 1120 g/mol. The molecule has 0 N–H and O–H groups in total. The highest BCUT2D eigenvalue weighted by molar-refractivity contribution is 5.71. The van der Waals surface area contributed by atoms with E-state index in [0.29, 0.717) is 19.3 Å². The van der Waals surface area contributed by atoms with Crippen molar-refractivity contribution in [3.05, 3.63) is 72.9 Å². The standard InChI is InChI=1S/C74H132O6/c1-4-7-10-13-16-19-22-25-27-29-31-33-34-35-36-37-38-39-40-42-43-45-47-49-52-55-58-61-64-67-73(76)79-70-71(69-78-72(75)66-63-60-57-54-51-24-21-18-15-12-9-6-3)80-74(77)68-65-62-59-56-53-50-48-46-44-41-32-30-28-26-23-20-17-14-11-8-5-2/h18,21-23,25-26,29-32,34-35,71H,4-17,19-20,24,27-28,33,36-70H2,1-3H3/b21-18-,25-22-,26-23-,31-29-,32-30-,35-34-. The highest BCUT2D eigenvalue weighted by atomic mass is 16.6. The molecule has 0 bridgehead atoms. The van der Waals surface area contributed by atoms with Crippen LogP contribution in [0.25, 0.3) is 0 Å². The normalized spacial score (nSPS) is 12.5. The Morgan fingerprint density at radius 2 is 0.450 bits per heavy atom. The quantitative estimate of drug-likeness (QED) is 0.0261. The molecular formula is C74H132O6. The lowest BCUT2D eigenvalue weighted by atomic mass is 10.0. The van der Waals surface area contributed by atoms with Crippen LogP contribution in [-0.4, -0.2) is 37.2 Å². The highest BCUT2D eigenvalue weighted by Gasteiger charge is 2.19. The smallest absolute Gasteiger partial charge is 0.306 e. The number of esters is 3. The van der Waals surface area contributed by atoms with Gasteiger partial charge in [0.15, 0.2) is 6.10 Å². The topological polar surface area (TPSA) is 78.9 Å². The van der Waals surface area contributed by atoms with Gasteiger partial charge in [-0.25, -0.2) is 0 Å². The van der Waals surface area contributed by atoms with E-state index >= 15 is 0 Å². The summed E-state index contributed by atoms with van der Waals surface area (Å²) in [5.74, 6) is -0.874. The third kappa shape index (κ3) is 65.7.